The molecule has 1 aromatic heterocycles. The van der Waals surface area contributed by atoms with Crippen molar-refractivity contribution in [1.29, 1.82) is 0 Å². The van der Waals surface area contributed by atoms with E-state index in [1.54, 1.807) is 0 Å². The minimum Gasteiger partial charge on any atom is -0.485 e. The van der Waals surface area contributed by atoms with E-state index in [9.17, 15) is 4.79 Å². The zero-order chi connectivity index (χ0) is 20.1. The molecule has 2 aliphatic rings. The van der Waals surface area contributed by atoms with Crippen LogP contribution in [0.25, 0.3) is 0 Å². The minimum absolute atomic E-state index is 0.0660. The van der Waals surface area contributed by atoms with Gasteiger partial charge >= 0.3 is 0 Å². The maximum Gasteiger partial charge on any atom is 0.230 e. The summed E-state index contributed by atoms with van der Waals surface area (Å²) in [7, 11) is 1.90. The SMILES string of the molecule is Cn1c(SCC(=O)NC2CCCCCCC2)nnc1[C@@H]1COc2ccccc2O1. The standard InChI is InChI=1S/C21H28N4O3S/c1-25-20(18-13-27-16-11-7-8-12-17(16)28-18)23-24-21(25)29-14-19(26)22-15-9-5-3-2-4-6-10-15/h7-8,11-12,15,18H,2-6,9-10,13-14H2,1H3,(H,22,26)/t18-/m0/s1. The summed E-state index contributed by atoms with van der Waals surface area (Å²) in [6.45, 7) is 0.385. The molecule has 0 spiro atoms. The summed E-state index contributed by atoms with van der Waals surface area (Å²) < 4.78 is 13.7. The summed E-state index contributed by atoms with van der Waals surface area (Å²) in [5, 5.41) is 12.4. The van der Waals surface area contributed by atoms with Crippen molar-refractivity contribution in [1.82, 2.24) is 20.1 Å². The van der Waals surface area contributed by atoms with Gasteiger partial charge in [-0.2, -0.15) is 0 Å². The van der Waals surface area contributed by atoms with Crippen molar-refractivity contribution in [2.75, 3.05) is 12.4 Å². The number of thioether (sulfide) groups is 1. The second-order valence-electron chi connectivity index (χ2n) is 7.66. The number of ether oxygens (including phenoxy) is 2. The highest BCUT2D eigenvalue weighted by molar-refractivity contribution is 7.99. The van der Waals surface area contributed by atoms with E-state index in [1.165, 1.54) is 43.9 Å². The number of hydrogen-bond donors (Lipinski definition) is 1. The summed E-state index contributed by atoms with van der Waals surface area (Å²) in [5.41, 5.74) is 0. The number of benzene rings is 1. The van der Waals surface area contributed by atoms with Gasteiger partial charge in [-0.05, 0) is 25.0 Å². The van der Waals surface area contributed by atoms with E-state index >= 15 is 0 Å². The van der Waals surface area contributed by atoms with Gasteiger partial charge in [-0.3, -0.25) is 4.79 Å². The largest absolute Gasteiger partial charge is 0.485 e. The molecule has 1 atom stereocenters. The van der Waals surface area contributed by atoms with E-state index < -0.39 is 0 Å². The number of carbonyl (C=O) groups is 1. The second kappa shape index (κ2) is 9.52. The van der Waals surface area contributed by atoms with Gasteiger partial charge in [0.15, 0.2) is 28.6 Å². The van der Waals surface area contributed by atoms with Gasteiger partial charge in [0.25, 0.3) is 0 Å². The Bertz CT molecular complexity index is 833. The smallest absolute Gasteiger partial charge is 0.230 e. The van der Waals surface area contributed by atoms with Crippen LogP contribution in [-0.2, 0) is 11.8 Å². The van der Waals surface area contributed by atoms with Crippen molar-refractivity contribution in [3.63, 3.8) is 0 Å². The Morgan fingerprint density at radius 2 is 1.86 bits per heavy atom. The van der Waals surface area contributed by atoms with Gasteiger partial charge in [0.2, 0.25) is 5.91 Å². The first-order chi connectivity index (χ1) is 14.2. The van der Waals surface area contributed by atoms with Crippen LogP contribution >= 0.6 is 11.8 Å². The number of nitrogens with zero attached hydrogens (tertiary/aromatic N) is 3. The molecule has 1 fully saturated rings. The molecule has 0 radical (unpaired) electrons. The average Bonchev–Trinajstić information content (AvgIpc) is 3.08. The third-order valence-electron chi connectivity index (χ3n) is 5.47. The lowest BCUT2D eigenvalue weighted by Gasteiger charge is -2.25. The fraction of sp³-hybridized carbons (Fsp3) is 0.571. The highest BCUT2D eigenvalue weighted by Gasteiger charge is 2.27. The first-order valence-electron chi connectivity index (χ1n) is 10.4. The van der Waals surface area contributed by atoms with Crippen LogP contribution in [0.1, 0.15) is 56.9 Å². The molecule has 2 heterocycles. The van der Waals surface area contributed by atoms with E-state index in [2.05, 4.69) is 15.5 Å². The maximum absolute atomic E-state index is 12.4. The lowest BCUT2D eigenvalue weighted by atomic mass is 9.97. The molecule has 1 amide bonds. The molecule has 0 unspecified atom stereocenters. The van der Waals surface area contributed by atoms with Crippen molar-refractivity contribution in [3.8, 4) is 11.5 Å². The molecule has 1 aliphatic heterocycles. The van der Waals surface area contributed by atoms with Crippen LogP contribution in [0.2, 0.25) is 0 Å². The maximum atomic E-state index is 12.4. The number of para-hydroxylation sites is 2. The number of aromatic nitrogens is 3. The first kappa shape index (κ1) is 20.1. The summed E-state index contributed by atoms with van der Waals surface area (Å²) in [4.78, 5) is 12.4. The van der Waals surface area contributed by atoms with E-state index in [0.717, 1.165) is 18.6 Å². The molecule has 156 valence electrons. The molecule has 1 aromatic carbocycles. The van der Waals surface area contributed by atoms with Gasteiger partial charge in [0.05, 0.1) is 5.75 Å². The quantitative estimate of drug-likeness (QED) is 0.750. The highest BCUT2D eigenvalue weighted by Crippen LogP contribution is 2.35. The molecule has 7 nitrogen and oxygen atoms in total. The Morgan fingerprint density at radius 3 is 2.66 bits per heavy atom. The fourth-order valence-electron chi connectivity index (χ4n) is 3.88. The molecule has 29 heavy (non-hydrogen) atoms. The van der Waals surface area contributed by atoms with Gasteiger partial charge in [0.1, 0.15) is 6.61 Å². The van der Waals surface area contributed by atoms with E-state index in [-0.39, 0.29) is 12.0 Å². The van der Waals surface area contributed by atoms with E-state index in [1.807, 2.05) is 35.9 Å². The average molecular weight is 417 g/mol. The van der Waals surface area contributed by atoms with Gasteiger partial charge in [0, 0.05) is 13.1 Å². The minimum atomic E-state index is -0.319. The molecular formula is C21H28N4O3S. The van der Waals surface area contributed by atoms with E-state index in [0.29, 0.717) is 35.1 Å². The van der Waals surface area contributed by atoms with Crippen LogP contribution < -0.4 is 14.8 Å². The molecule has 1 saturated carbocycles. The molecule has 4 rings (SSSR count). The zero-order valence-corrected chi connectivity index (χ0v) is 17.6. The van der Waals surface area contributed by atoms with Crippen molar-refractivity contribution in [2.45, 2.75) is 62.2 Å². The van der Waals surface area contributed by atoms with Crippen molar-refractivity contribution in [2.24, 2.45) is 7.05 Å². The van der Waals surface area contributed by atoms with Gasteiger partial charge in [-0.1, -0.05) is 56.0 Å². The number of fused-ring (bicyclic) bond motifs is 1. The molecule has 8 heteroatoms. The molecule has 1 N–H and O–H groups in total. The lowest BCUT2D eigenvalue weighted by Crippen LogP contribution is -2.36. The third-order valence-corrected chi connectivity index (χ3v) is 6.49. The van der Waals surface area contributed by atoms with Crippen molar-refractivity contribution < 1.29 is 14.3 Å². The first-order valence-corrected chi connectivity index (χ1v) is 11.4. The predicted octanol–water partition coefficient (Wildman–Crippen LogP) is 3.65. The van der Waals surface area contributed by atoms with Crippen LogP contribution in [-0.4, -0.2) is 39.1 Å². The van der Waals surface area contributed by atoms with Crippen LogP contribution in [0.3, 0.4) is 0 Å². The summed E-state index contributed by atoms with van der Waals surface area (Å²) in [6, 6.07) is 7.91. The Balaban J connectivity index is 1.31. The molecule has 0 bridgehead atoms. The van der Waals surface area contributed by atoms with Crippen LogP contribution in [0.15, 0.2) is 29.4 Å². The Morgan fingerprint density at radius 1 is 1.14 bits per heavy atom. The zero-order valence-electron chi connectivity index (χ0n) is 16.8. The third kappa shape index (κ3) is 5.04. The van der Waals surface area contributed by atoms with Gasteiger partial charge < -0.3 is 19.4 Å². The Hall–Kier alpha value is -2.22. The van der Waals surface area contributed by atoms with Crippen molar-refractivity contribution >= 4 is 17.7 Å². The lowest BCUT2D eigenvalue weighted by molar-refractivity contribution is -0.119. The number of nitrogens with one attached hydrogen (secondary N) is 1. The summed E-state index contributed by atoms with van der Waals surface area (Å²) in [6.07, 6.45) is 8.15. The van der Waals surface area contributed by atoms with Crippen molar-refractivity contribution in [3.05, 3.63) is 30.1 Å². The molecule has 1 aliphatic carbocycles. The van der Waals surface area contributed by atoms with Crippen LogP contribution in [0.4, 0.5) is 0 Å². The van der Waals surface area contributed by atoms with Gasteiger partial charge in [-0.15, -0.1) is 10.2 Å². The van der Waals surface area contributed by atoms with E-state index in [4.69, 9.17) is 9.47 Å². The Kier molecular flexibility index (Phi) is 6.59. The number of hydrogen-bond acceptors (Lipinski definition) is 6. The summed E-state index contributed by atoms with van der Waals surface area (Å²) >= 11 is 1.40. The van der Waals surface area contributed by atoms with Crippen LogP contribution in [0, 0.1) is 0 Å². The molecule has 0 saturated heterocycles. The molecule has 2 aromatic rings. The predicted molar refractivity (Wildman–Crippen MR) is 111 cm³/mol. The fourth-order valence-corrected chi connectivity index (χ4v) is 4.61. The Labute approximate surface area is 175 Å². The highest BCUT2D eigenvalue weighted by atomic mass is 32.2. The number of rotatable bonds is 5. The van der Waals surface area contributed by atoms with Crippen LogP contribution in [0.5, 0.6) is 11.5 Å². The second-order valence-corrected chi connectivity index (χ2v) is 8.60. The molecular weight excluding hydrogens is 388 g/mol. The summed E-state index contributed by atoms with van der Waals surface area (Å²) in [5.74, 6) is 2.55. The van der Waals surface area contributed by atoms with Gasteiger partial charge in [-0.25, -0.2) is 0 Å². The number of amides is 1. The topological polar surface area (TPSA) is 78.3 Å². The normalized spacial score (nSPS) is 20.0. The number of carbonyl (C=O) groups excluding carboxylic acids is 1. The monoisotopic (exact) mass is 416 g/mol.